The lowest BCUT2D eigenvalue weighted by atomic mass is 9.86. The summed E-state index contributed by atoms with van der Waals surface area (Å²) in [7, 11) is 4.72. The van der Waals surface area contributed by atoms with E-state index in [9.17, 15) is 14.7 Å². The van der Waals surface area contributed by atoms with Crippen molar-refractivity contribution in [1.29, 1.82) is 0 Å². The summed E-state index contributed by atoms with van der Waals surface area (Å²) in [4.78, 5) is 26.2. The minimum absolute atomic E-state index is 0.0472. The zero-order valence-electron chi connectivity index (χ0n) is 18.0. The number of hydrogen-bond donors (Lipinski definition) is 0. The molecule has 0 bridgehead atoms. The number of hydrogen-bond acceptors (Lipinski definition) is 6. The third kappa shape index (κ3) is 3.73. The van der Waals surface area contributed by atoms with E-state index in [2.05, 4.69) is 0 Å². The van der Waals surface area contributed by atoms with Gasteiger partial charge in [0.05, 0.1) is 39.8 Å². The first-order valence-electron chi connectivity index (χ1n) is 9.99. The lowest BCUT2D eigenvalue weighted by Gasteiger charge is -2.38. The van der Waals surface area contributed by atoms with E-state index in [0.29, 0.717) is 22.9 Å². The first kappa shape index (κ1) is 21.2. The molecule has 3 aromatic rings. The van der Waals surface area contributed by atoms with Crippen LogP contribution in [0.4, 0.5) is 5.69 Å². The van der Waals surface area contributed by atoms with Crippen LogP contribution in [-0.2, 0) is 11.2 Å². The van der Waals surface area contributed by atoms with Gasteiger partial charge in [-0.25, -0.2) is 0 Å². The van der Waals surface area contributed by atoms with Crippen LogP contribution in [0.5, 0.6) is 17.2 Å². The molecule has 1 heterocycles. The van der Waals surface area contributed by atoms with Crippen LogP contribution in [0.15, 0.2) is 60.7 Å². The Morgan fingerprint density at radius 1 is 0.906 bits per heavy atom. The molecule has 0 unspecified atom stereocenters. The largest absolute Gasteiger partial charge is 0.545 e. The number of carbonyl (C=O) groups is 2. The average Bonchev–Trinajstić information content (AvgIpc) is 2.82. The number of methoxy groups -OCH3 is 3. The van der Waals surface area contributed by atoms with Crippen molar-refractivity contribution in [3.8, 4) is 17.2 Å². The van der Waals surface area contributed by atoms with Crippen molar-refractivity contribution < 1.29 is 28.9 Å². The molecule has 0 aliphatic carbocycles. The Kier molecular flexibility index (Phi) is 5.73. The van der Waals surface area contributed by atoms with Crippen LogP contribution in [0.2, 0.25) is 0 Å². The fourth-order valence-corrected chi connectivity index (χ4v) is 4.04. The highest BCUT2D eigenvalue weighted by molar-refractivity contribution is 5.99. The zero-order chi connectivity index (χ0) is 22.8. The molecule has 1 atom stereocenters. The molecular weight excluding hydrogens is 410 g/mol. The van der Waals surface area contributed by atoms with E-state index >= 15 is 0 Å². The molecule has 1 aliphatic heterocycles. The molecule has 7 nitrogen and oxygen atoms in total. The maximum absolute atomic E-state index is 13.3. The van der Waals surface area contributed by atoms with Crippen LogP contribution in [-0.4, -0.2) is 33.2 Å². The van der Waals surface area contributed by atoms with Gasteiger partial charge in [0, 0.05) is 5.69 Å². The predicted molar refractivity (Wildman–Crippen MR) is 116 cm³/mol. The van der Waals surface area contributed by atoms with Gasteiger partial charge in [0.25, 0.3) is 0 Å². The Hall–Kier alpha value is -4.00. The summed E-state index contributed by atoms with van der Waals surface area (Å²) >= 11 is 0. The second-order valence-corrected chi connectivity index (χ2v) is 7.36. The SMILES string of the molecule is COc1ccc([C@H]2c3cc(OC)c(OC)cc3CC(=O)N2c2ccc(C(=O)[O-])cc2)cc1. The Balaban J connectivity index is 1.90. The molecule has 0 aromatic heterocycles. The van der Waals surface area contributed by atoms with E-state index in [-0.39, 0.29) is 17.9 Å². The zero-order valence-corrected chi connectivity index (χ0v) is 18.0. The minimum atomic E-state index is -1.27. The molecule has 0 radical (unpaired) electrons. The summed E-state index contributed by atoms with van der Waals surface area (Å²) in [6.07, 6.45) is 0.171. The Labute approximate surface area is 185 Å². The Bertz CT molecular complexity index is 1150. The van der Waals surface area contributed by atoms with Crippen LogP contribution >= 0.6 is 0 Å². The second-order valence-electron chi connectivity index (χ2n) is 7.36. The van der Waals surface area contributed by atoms with Crippen LogP contribution in [0, 0.1) is 0 Å². The highest BCUT2D eigenvalue weighted by atomic mass is 16.5. The highest BCUT2D eigenvalue weighted by Gasteiger charge is 2.36. The number of carbonyl (C=O) groups excluding carboxylic acids is 2. The lowest BCUT2D eigenvalue weighted by molar-refractivity contribution is -0.255. The summed E-state index contributed by atoms with van der Waals surface area (Å²) in [5.41, 5.74) is 3.25. The quantitative estimate of drug-likeness (QED) is 0.595. The van der Waals surface area contributed by atoms with Gasteiger partial charge in [-0.1, -0.05) is 24.3 Å². The molecule has 32 heavy (non-hydrogen) atoms. The van der Waals surface area contributed by atoms with Crippen molar-refractivity contribution >= 4 is 17.6 Å². The van der Waals surface area contributed by atoms with Gasteiger partial charge in [0.2, 0.25) is 5.91 Å². The standard InChI is InChI=1S/C25H23NO6/c1-30-19-10-6-15(7-11-19)24-20-14-22(32-3)21(31-2)12-17(20)13-23(27)26(24)18-8-4-16(5-9-18)25(28)29/h4-12,14,24H,13H2,1-3H3,(H,28,29)/p-1/t24-/m0/s1. The number of amides is 1. The van der Waals surface area contributed by atoms with E-state index in [4.69, 9.17) is 14.2 Å². The smallest absolute Gasteiger partial charge is 0.232 e. The summed E-state index contributed by atoms with van der Waals surface area (Å²) in [6, 6.07) is 16.9. The van der Waals surface area contributed by atoms with Gasteiger partial charge < -0.3 is 29.0 Å². The first-order chi connectivity index (χ1) is 15.5. The van der Waals surface area contributed by atoms with Crippen LogP contribution < -0.4 is 24.2 Å². The van der Waals surface area contributed by atoms with Crippen LogP contribution in [0.3, 0.4) is 0 Å². The normalized spacial score (nSPS) is 15.2. The number of carboxylic acid groups (broad SMARTS) is 1. The van der Waals surface area contributed by atoms with E-state index < -0.39 is 12.0 Å². The number of ether oxygens (including phenoxy) is 3. The molecule has 1 aliphatic rings. The van der Waals surface area contributed by atoms with Gasteiger partial charge in [0.1, 0.15) is 5.75 Å². The summed E-state index contributed by atoms with van der Waals surface area (Å²) < 4.78 is 16.2. The van der Waals surface area contributed by atoms with Gasteiger partial charge >= 0.3 is 0 Å². The van der Waals surface area contributed by atoms with E-state index in [1.807, 2.05) is 36.4 Å². The van der Waals surface area contributed by atoms with Gasteiger partial charge in [-0.05, 0) is 58.7 Å². The number of rotatable bonds is 6. The number of nitrogens with zero attached hydrogens (tertiary/aromatic N) is 1. The lowest BCUT2D eigenvalue weighted by Crippen LogP contribution is -2.41. The van der Waals surface area contributed by atoms with Crippen LogP contribution in [0.1, 0.15) is 33.1 Å². The van der Waals surface area contributed by atoms with Gasteiger partial charge in [0.15, 0.2) is 11.5 Å². The van der Waals surface area contributed by atoms with Crippen molar-refractivity contribution in [3.63, 3.8) is 0 Å². The number of carboxylic acids is 1. The molecule has 7 heteroatoms. The van der Waals surface area contributed by atoms with Crippen molar-refractivity contribution in [2.24, 2.45) is 0 Å². The van der Waals surface area contributed by atoms with Crippen molar-refractivity contribution in [2.75, 3.05) is 26.2 Å². The number of fused-ring (bicyclic) bond motifs is 1. The second kappa shape index (κ2) is 8.63. The Morgan fingerprint density at radius 3 is 2.09 bits per heavy atom. The third-order valence-electron chi connectivity index (χ3n) is 5.62. The summed E-state index contributed by atoms with van der Waals surface area (Å²) in [6.45, 7) is 0. The molecule has 0 saturated heterocycles. The fourth-order valence-electron chi connectivity index (χ4n) is 4.04. The predicted octanol–water partition coefficient (Wildman–Crippen LogP) is 2.75. The molecule has 0 fully saturated rings. The minimum Gasteiger partial charge on any atom is -0.545 e. The van der Waals surface area contributed by atoms with E-state index in [1.54, 1.807) is 38.4 Å². The third-order valence-corrected chi connectivity index (χ3v) is 5.62. The van der Waals surface area contributed by atoms with Gasteiger partial charge in [-0.3, -0.25) is 4.79 Å². The number of aromatic carboxylic acids is 1. The summed E-state index contributed by atoms with van der Waals surface area (Å²) in [5, 5.41) is 11.2. The molecule has 3 aromatic carbocycles. The number of benzene rings is 3. The maximum atomic E-state index is 13.3. The summed E-state index contributed by atoms with van der Waals surface area (Å²) in [5.74, 6) is 0.432. The molecule has 164 valence electrons. The van der Waals surface area contributed by atoms with Gasteiger partial charge in [-0.15, -0.1) is 0 Å². The molecule has 1 amide bonds. The fraction of sp³-hybridized carbons (Fsp3) is 0.200. The molecular formula is C25H22NO6-. The van der Waals surface area contributed by atoms with Crippen LogP contribution in [0.25, 0.3) is 0 Å². The van der Waals surface area contributed by atoms with Gasteiger partial charge in [-0.2, -0.15) is 0 Å². The topological polar surface area (TPSA) is 88.1 Å². The highest BCUT2D eigenvalue weighted by Crippen LogP contribution is 2.43. The monoisotopic (exact) mass is 432 g/mol. The average molecular weight is 432 g/mol. The van der Waals surface area contributed by atoms with E-state index in [1.165, 1.54) is 12.1 Å². The molecule has 0 saturated carbocycles. The van der Waals surface area contributed by atoms with E-state index in [0.717, 1.165) is 16.7 Å². The van der Waals surface area contributed by atoms with Crippen molar-refractivity contribution in [3.05, 3.63) is 82.9 Å². The van der Waals surface area contributed by atoms with Crippen molar-refractivity contribution in [2.45, 2.75) is 12.5 Å². The molecule has 4 rings (SSSR count). The molecule has 0 N–H and O–H groups in total. The molecule has 0 spiro atoms. The first-order valence-corrected chi connectivity index (χ1v) is 9.99. The Morgan fingerprint density at radius 2 is 1.53 bits per heavy atom. The maximum Gasteiger partial charge on any atom is 0.232 e. The van der Waals surface area contributed by atoms with Crippen molar-refractivity contribution in [1.82, 2.24) is 0 Å². The number of anilines is 1.